The van der Waals surface area contributed by atoms with E-state index in [1.54, 1.807) is 23.1 Å². The summed E-state index contributed by atoms with van der Waals surface area (Å²) in [6, 6.07) is 0. The maximum absolute atomic E-state index is 4.30. The van der Waals surface area contributed by atoms with Gasteiger partial charge in [-0.15, -0.1) is 10.2 Å². The Morgan fingerprint density at radius 3 is 2.89 bits per heavy atom. The van der Waals surface area contributed by atoms with Gasteiger partial charge in [-0.05, 0) is 13.8 Å². The van der Waals surface area contributed by atoms with Gasteiger partial charge < -0.3 is 5.32 Å². The van der Waals surface area contributed by atoms with Gasteiger partial charge in [0.15, 0.2) is 5.82 Å². The van der Waals surface area contributed by atoms with E-state index in [4.69, 9.17) is 0 Å². The van der Waals surface area contributed by atoms with Gasteiger partial charge >= 0.3 is 0 Å². The van der Waals surface area contributed by atoms with E-state index < -0.39 is 0 Å². The fraction of sp³-hybridized carbons (Fsp3) is 0.333. The molecule has 0 radical (unpaired) electrons. The van der Waals surface area contributed by atoms with E-state index >= 15 is 0 Å². The summed E-state index contributed by atoms with van der Waals surface area (Å²) in [7, 11) is 0. The molecule has 19 heavy (non-hydrogen) atoms. The molecule has 7 nitrogen and oxygen atoms in total. The first-order valence-electron chi connectivity index (χ1n) is 6.30. The van der Waals surface area contributed by atoms with E-state index in [9.17, 15) is 0 Å². The predicted molar refractivity (Wildman–Crippen MR) is 71.8 cm³/mol. The number of anilines is 1. The number of hydrogen-bond acceptors (Lipinski definition) is 5. The minimum atomic E-state index is 0.781. The smallest absolute Gasteiger partial charge is 0.224 e. The van der Waals surface area contributed by atoms with Crippen LogP contribution in [0, 0.1) is 0 Å². The first-order chi connectivity index (χ1) is 9.35. The van der Waals surface area contributed by atoms with Crippen LogP contribution in [0.25, 0.3) is 16.9 Å². The second kappa shape index (κ2) is 4.68. The van der Waals surface area contributed by atoms with Crippen molar-refractivity contribution in [1.29, 1.82) is 0 Å². The van der Waals surface area contributed by atoms with Crippen molar-refractivity contribution in [3.8, 4) is 11.4 Å². The molecule has 0 fully saturated rings. The summed E-state index contributed by atoms with van der Waals surface area (Å²) < 4.78 is 3.82. The van der Waals surface area contributed by atoms with E-state index in [0.29, 0.717) is 0 Å². The lowest BCUT2D eigenvalue weighted by atomic mass is 10.3. The number of aromatic nitrogens is 6. The van der Waals surface area contributed by atoms with Gasteiger partial charge in [-0.3, -0.25) is 9.55 Å². The van der Waals surface area contributed by atoms with Gasteiger partial charge in [-0.25, -0.2) is 4.52 Å². The normalized spacial score (nSPS) is 11.1. The lowest BCUT2D eigenvalue weighted by molar-refractivity contribution is 0.771. The van der Waals surface area contributed by atoms with Crippen LogP contribution in [0.15, 0.2) is 24.8 Å². The van der Waals surface area contributed by atoms with Crippen LogP contribution in [0.2, 0.25) is 0 Å². The van der Waals surface area contributed by atoms with Gasteiger partial charge in [0.25, 0.3) is 0 Å². The molecule has 3 heterocycles. The minimum absolute atomic E-state index is 0.781. The third kappa shape index (κ3) is 1.83. The molecule has 0 spiro atoms. The Morgan fingerprint density at radius 1 is 1.21 bits per heavy atom. The van der Waals surface area contributed by atoms with Crippen molar-refractivity contribution in [2.75, 3.05) is 11.9 Å². The molecule has 0 aliphatic carbocycles. The summed E-state index contributed by atoms with van der Waals surface area (Å²) >= 11 is 0. The van der Waals surface area contributed by atoms with Crippen molar-refractivity contribution in [2.45, 2.75) is 20.4 Å². The molecule has 98 valence electrons. The van der Waals surface area contributed by atoms with Crippen molar-refractivity contribution in [3.63, 3.8) is 0 Å². The highest BCUT2D eigenvalue weighted by Gasteiger charge is 2.16. The molecule has 0 aliphatic rings. The zero-order chi connectivity index (χ0) is 13.2. The average molecular weight is 257 g/mol. The molecule has 0 amide bonds. The fourth-order valence-electron chi connectivity index (χ4n) is 2.10. The summed E-state index contributed by atoms with van der Waals surface area (Å²) in [6.45, 7) is 5.71. The van der Waals surface area contributed by atoms with Crippen LogP contribution in [0.1, 0.15) is 13.8 Å². The Bertz CT molecular complexity index is 697. The van der Waals surface area contributed by atoms with Crippen molar-refractivity contribution < 1.29 is 0 Å². The highest BCUT2D eigenvalue weighted by Crippen LogP contribution is 2.24. The highest BCUT2D eigenvalue weighted by molar-refractivity contribution is 5.75. The summed E-state index contributed by atoms with van der Waals surface area (Å²) in [5, 5.41) is 16.0. The molecule has 3 aromatic heterocycles. The van der Waals surface area contributed by atoms with Gasteiger partial charge in [0, 0.05) is 25.5 Å². The van der Waals surface area contributed by atoms with Gasteiger partial charge in [0.1, 0.15) is 0 Å². The monoisotopic (exact) mass is 257 g/mol. The van der Waals surface area contributed by atoms with Crippen LogP contribution in [-0.4, -0.2) is 35.9 Å². The summed E-state index contributed by atoms with van der Waals surface area (Å²) in [4.78, 5) is 4.14. The number of nitrogens with one attached hydrogen (secondary N) is 1. The zero-order valence-electron chi connectivity index (χ0n) is 10.9. The number of rotatable bonds is 4. The van der Waals surface area contributed by atoms with Crippen LogP contribution in [-0.2, 0) is 6.54 Å². The molecular formula is C12H15N7. The van der Waals surface area contributed by atoms with Crippen LogP contribution < -0.4 is 5.32 Å². The second-order valence-corrected chi connectivity index (χ2v) is 4.09. The van der Waals surface area contributed by atoms with Gasteiger partial charge in [-0.1, -0.05) is 0 Å². The van der Waals surface area contributed by atoms with Gasteiger partial charge in [0.2, 0.25) is 5.95 Å². The third-order valence-electron chi connectivity index (χ3n) is 2.97. The molecule has 0 bridgehead atoms. The van der Waals surface area contributed by atoms with Crippen molar-refractivity contribution in [2.24, 2.45) is 0 Å². The Hall–Kier alpha value is -2.44. The van der Waals surface area contributed by atoms with E-state index in [2.05, 4.69) is 32.5 Å². The molecule has 0 unspecified atom stereocenters. The molecular weight excluding hydrogens is 242 g/mol. The zero-order valence-corrected chi connectivity index (χ0v) is 10.9. The Morgan fingerprint density at radius 2 is 2.11 bits per heavy atom. The van der Waals surface area contributed by atoms with Crippen LogP contribution >= 0.6 is 0 Å². The molecule has 0 aromatic carbocycles. The summed E-state index contributed by atoms with van der Waals surface area (Å²) in [5.74, 6) is 1.59. The number of nitrogens with zero attached hydrogens (tertiary/aromatic N) is 6. The number of fused-ring (bicyclic) bond motifs is 1. The topological polar surface area (TPSA) is 72.9 Å². The van der Waals surface area contributed by atoms with E-state index in [1.807, 2.05) is 17.7 Å². The van der Waals surface area contributed by atoms with E-state index in [0.717, 1.165) is 35.9 Å². The SMILES string of the molecule is CCNc1nnc(-c2cnn3ccncc23)n1CC. The maximum atomic E-state index is 4.30. The second-order valence-electron chi connectivity index (χ2n) is 4.09. The minimum Gasteiger partial charge on any atom is -0.355 e. The fourth-order valence-corrected chi connectivity index (χ4v) is 2.10. The summed E-state index contributed by atoms with van der Waals surface area (Å²) in [5.41, 5.74) is 1.86. The molecule has 1 N–H and O–H groups in total. The predicted octanol–water partition coefficient (Wildman–Crippen LogP) is 1.44. The van der Waals surface area contributed by atoms with Gasteiger partial charge in [-0.2, -0.15) is 5.10 Å². The molecule has 0 saturated carbocycles. The molecule has 3 rings (SSSR count). The van der Waals surface area contributed by atoms with E-state index in [-0.39, 0.29) is 0 Å². The lowest BCUT2D eigenvalue weighted by Crippen LogP contribution is -2.06. The first kappa shape index (κ1) is 11.6. The standard InChI is InChI=1S/C12H15N7/c1-3-14-12-17-16-11(18(12)4-2)9-7-15-19-6-5-13-8-10(9)19/h5-8H,3-4H2,1-2H3,(H,14,17). The maximum Gasteiger partial charge on any atom is 0.224 e. The van der Waals surface area contributed by atoms with Crippen molar-refractivity contribution >= 4 is 11.5 Å². The van der Waals surface area contributed by atoms with Gasteiger partial charge in [0.05, 0.1) is 23.5 Å². The van der Waals surface area contributed by atoms with E-state index in [1.165, 1.54) is 0 Å². The number of hydrogen-bond donors (Lipinski definition) is 1. The third-order valence-corrected chi connectivity index (χ3v) is 2.97. The summed E-state index contributed by atoms with van der Waals surface area (Å²) in [6.07, 6.45) is 7.10. The highest BCUT2D eigenvalue weighted by atomic mass is 15.4. The lowest BCUT2D eigenvalue weighted by Gasteiger charge is -2.06. The van der Waals surface area contributed by atoms with Crippen molar-refractivity contribution in [1.82, 2.24) is 29.4 Å². The van der Waals surface area contributed by atoms with Crippen molar-refractivity contribution in [3.05, 3.63) is 24.8 Å². The molecule has 3 aromatic rings. The van der Waals surface area contributed by atoms with Crippen LogP contribution in [0.4, 0.5) is 5.95 Å². The molecule has 7 heteroatoms. The Labute approximate surface area is 110 Å². The molecule has 0 aliphatic heterocycles. The molecule has 0 atom stereocenters. The van der Waals surface area contributed by atoms with Crippen LogP contribution in [0.3, 0.4) is 0 Å². The average Bonchev–Trinajstić information content (AvgIpc) is 3.02. The molecule has 0 saturated heterocycles. The van der Waals surface area contributed by atoms with Crippen LogP contribution in [0.5, 0.6) is 0 Å². The Kier molecular flexibility index (Phi) is 2.86. The first-order valence-corrected chi connectivity index (χ1v) is 6.30. The largest absolute Gasteiger partial charge is 0.355 e. The Balaban J connectivity index is 2.16. The quantitative estimate of drug-likeness (QED) is 0.765.